The van der Waals surface area contributed by atoms with E-state index in [9.17, 15) is 13.2 Å². The van der Waals surface area contributed by atoms with Crippen molar-refractivity contribution in [2.24, 2.45) is 13.0 Å². The molecule has 1 amide bonds. The summed E-state index contributed by atoms with van der Waals surface area (Å²) in [6.07, 6.45) is 0.600. The molecule has 2 rings (SSSR count). The zero-order chi connectivity index (χ0) is 14.2. The molecule has 0 bridgehead atoms. The number of aromatic nitrogens is 2. The van der Waals surface area contributed by atoms with Crippen LogP contribution in [0.4, 0.5) is 0 Å². The Morgan fingerprint density at radius 2 is 2.26 bits per heavy atom. The first kappa shape index (κ1) is 14.3. The summed E-state index contributed by atoms with van der Waals surface area (Å²) in [7, 11) is -1.25. The second kappa shape index (κ2) is 5.13. The molecule has 6 nitrogen and oxygen atoms in total. The molecule has 1 N–H and O–H groups in total. The highest BCUT2D eigenvalue weighted by atomic mass is 35.5. The number of hydrogen-bond donors (Lipinski definition) is 1. The average molecular weight is 306 g/mol. The van der Waals surface area contributed by atoms with Gasteiger partial charge in [0, 0.05) is 13.6 Å². The second-order valence-corrected chi connectivity index (χ2v) is 7.44. The van der Waals surface area contributed by atoms with Gasteiger partial charge < -0.3 is 5.32 Å². The van der Waals surface area contributed by atoms with Crippen molar-refractivity contribution in [1.82, 2.24) is 15.1 Å². The number of rotatable bonds is 3. The van der Waals surface area contributed by atoms with Gasteiger partial charge in [-0.15, -0.1) is 0 Å². The number of nitrogens with zero attached hydrogens (tertiary/aromatic N) is 2. The van der Waals surface area contributed by atoms with Gasteiger partial charge in [-0.3, -0.25) is 9.48 Å². The molecule has 1 fully saturated rings. The van der Waals surface area contributed by atoms with E-state index in [0.717, 1.165) is 0 Å². The predicted octanol–water partition coefficient (Wildman–Crippen LogP) is 0.546. The number of aryl methyl sites for hydroxylation is 2. The van der Waals surface area contributed by atoms with Gasteiger partial charge in [0.25, 0.3) is 5.91 Å². The molecule has 0 saturated carbocycles. The number of carbonyl (C=O) groups is 1. The maximum absolute atomic E-state index is 12.0. The molecule has 1 unspecified atom stereocenters. The van der Waals surface area contributed by atoms with E-state index in [0.29, 0.717) is 24.2 Å². The van der Waals surface area contributed by atoms with Crippen molar-refractivity contribution in [2.75, 3.05) is 18.1 Å². The zero-order valence-corrected chi connectivity index (χ0v) is 12.4. The summed E-state index contributed by atoms with van der Waals surface area (Å²) < 4.78 is 24.1. The minimum atomic E-state index is -2.91. The molecule has 106 valence electrons. The van der Waals surface area contributed by atoms with E-state index in [1.54, 1.807) is 14.0 Å². The molecule has 19 heavy (non-hydrogen) atoms. The third-order valence-electron chi connectivity index (χ3n) is 3.26. The predicted molar refractivity (Wildman–Crippen MR) is 72.0 cm³/mol. The van der Waals surface area contributed by atoms with Crippen molar-refractivity contribution in [3.05, 3.63) is 16.4 Å². The molecule has 0 spiro atoms. The summed E-state index contributed by atoms with van der Waals surface area (Å²) in [5, 5.41) is 7.08. The Morgan fingerprint density at radius 3 is 2.74 bits per heavy atom. The van der Waals surface area contributed by atoms with Crippen molar-refractivity contribution in [3.63, 3.8) is 0 Å². The third kappa shape index (κ3) is 3.09. The van der Waals surface area contributed by atoms with Crippen molar-refractivity contribution < 1.29 is 13.2 Å². The standard InChI is InChI=1S/C11H16ClN3O3S/c1-7-9(10(12)15(2)14-7)11(16)13-5-8-3-4-19(17,18)6-8/h8H,3-6H2,1-2H3,(H,13,16). The number of amides is 1. The average Bonchev–Trinajstić information content (AvgIpc) is 2.77. The number of sulfone groups is 1. The zero-order valence-electron chi connectivity index (χ0n) is 10.8. The topological polar surface area (TPSA) is 81.1 Å². The van der Waals surface area contributed by atoms with E-state index in [4.69, 9.17) is 11.6 Å². The number of halogens is 1. The SMILES string of the molecule is Cc1nn(C)c(Cl)c1C(=O)NCC1CCS(=O)(=O)C1. The Labute approximate surface area is 117 Å². The van der Waals surface area contributed by atoms with Crippen molar-refractivity contribution in [1.29, 1.82) is 0 Å². The highest BCUT2D eigenvalue weighted by Crippen LogP contribution is 2.20. The van der Waals surface area contributed by atoms with Gasteiger partial charge in [-0.2, -0.15) is 5.10 Å². The van der Waals surface area contributed by atoms with Crippen LogP contribution in [0.3, 0.4) is 0 Å². The van der Waals surface area contributed by atoms with Crippen LogP contribution in [0.1, 0.15) is 22.5 Å². The van der Waals surface area contributed by atoms with Crippen LogP contribution < -0.4 is 5.32 Å². The molecule has 1 aromatic heterocycles. The van der Waals surface area contributed by atoms with Crippen LogP contribution in [0.15, 0.2) is 0 Å². The molecule has 0 aromatic carbocycles. The molecule has 1 atom stereocenters. The Balaban J connectivity index is 1.99. The lowest BCUT2D eigenvalue weighted by Crippen LogP contribution is -2.30. The van der Waals surface area contributed by atoms with E-state index < -0.39 is 9.84 Å². The van der Waals surface area contributed by atoms with Gasteiger partial charge in [-0.05, 0) is 19.3 Å². The first-order valence-electron chi connectivity index (χ1n) is 5.98. The van der Waals surface area contributed by atoms with Crippen LogP contribution in [0, 0.1) is 12.8 Å². The van der Waals surface area contributed by atoms with Gasteiger partial charge in [-0.1, -0.05) is 11.6 Å². The van der Waals surface area contributed by atoms with Crippen molar-refractivity contribution in [3.8, 4) is 0 Å². The highest BCUT2D eigenvalue weighted by Gasteiger charge is 2.28. The Bertz CT molecular complexity index is 609. The van der Waals surface area contributed by atoms with Crippen LogP contribution in [0.2, 0.25) is 5.15 Å². The van der Waals surface area contributed by atoms with Gasteiger partial charge in [0.15, 0.2) is 9.84 Å². The second-order valence-electron chi connectivity index (χ2n) is 4.85. The number of carbonyl (C=O) groups excluding carboxylic acids is 1. The number of hydrogen-bond acceptors (Lipinski definition) is 4. The lowest BCUT2D eigenvalue weighted by Gasteiger charge is -2.09. The molecule has 0 radical (unpaired) electrons. The van der Waals surface area contributed by atoms with Gasteiger partial charge in [0.2, 0.25) is 0 Å². The van der Waals surface area contributed by atoms with Gasteiger partial charge in [0.1, 0.15) is 5.15 Å². The molecule has 1 aromatic rings. The third-order valence-corrected chi connectivity index (χ3v) is 5.53. The molecule has 0 aliphatic carbocycles. The van der Waals surface area contributed by atoms with Gasteiger partial charge in [0.05, 0.1) is 22.8 Å². The summed E-state index contributed by atoms with van der Waals surface area (Å²) in [5.74, 6) is 0.0392. The molecule has 2 heterocycles. The first-order valence-corrected chi connectivity index (χ1v) is 8.18. The molecule has 8 heteroatoms. The fourth-order valence-corrected chi connectivity index (χ4v) is 4.37. The fraction of sp³-hybridized carbons (Fsp3) is 0.636. The molecular formula is C11H16ClN3O3S. The van der Waals surface area contributed by atoms with Gasteiger partial charge >= 0.3 is 0 Å². The Morgan fingerprint density at radius 1 is 1.58 bits per heavy atom. The monoisotopic (exact) mass is 305 g/mol. The quantitative estimate of drug-likeness (QED) is 0.884. The maximum Gasteiger partial charge on any atom is 0.256 e. The van der Waals surface area contributed by atoms with Crippen molar-refractivity contribution >= 4 is 27.3 Å². The van der Waals surface area contributed by atoms with Crippen LogP contribution in [-0.4, -0.2) is 42.2 Å². The number of nitrogens with one attached hydrogen (secondary N) is 1. The summed E-state index contributed by atoms with van der Waals surface area (Å²) in [6.45, 7) is 2.06. The molecular weight excluding hydrogens is 290 g/mol. The smallest absolute Gasteiger partial charge is 0.256 e. The van der Waals surface area contributed by atoms with E-state index in [2.05, 4.69) is 10.4 Å². The minimum Gasteiger partial charge on any atom is -0.352 e. The summed E-state index contributed by atoms with van der Waals surface area (Å²) in [6, 6.07) is 0. The van der Waals surface area contributed by atoms with E-state index in [1.165, 1.54) is 4.68 Å². The summed E-state index contributed by atoms with van der Waals surface area (Å²) in [5.41, 5.74) is 0.911. The Kier molecular flexibility index (Phi) is 3.87. The normalized spacial score (nSPS) is 21.5. The largest absolute Gasteiger partial charge is 0.352 e. The summed E-state index contributed by atoms with van der Waals surface area (Å²) in [4.78, 5) is 12.0. The van der Waals surface area contributed by atoms with Crippen LogP contribution in [0.25, 0.3) is 0 Å². The highest BCUT2D eigenvalue weighted by molar-refractivity contribution is 7.91. The van der Waals surface area contributed by atoms with Crippen molar-refractivity contribution in [2.45, 2.75) is 13.3 Å². The first-order chi connectivity index (χ1) is 8.80. The fourth-order valence-electron chi connectivity index (χ4n) is 2.25. The maximum atomic E-state index is 12.0. The summed E-state index contributed by atoms with van der Waals surface area (Å²) >= 11 is 5.99. The lowest BCUT2D eigenvalue weighted by atomic mass is 10.1. The molecule has 1 aliphatic heterocycles. The van der Waals surface area contributed by atoms with Crippen LogP contribution in [0.5, 0.6) is 0 Å². The van der Waals surface area contributed by atoms with E-state index >= 15 is 0 Å². The van der Waals surface area contributed by atoms with Crippen LogP contribution in [-0.2, 0) is 16.9 Å². The van der Waals surface area contributed by atoms with E-state index in [1.807, 2.05) is 0 Å². The van der Waals surface area contributed by atoms with E-state index in [-0.39, 0.29) is 28.5 Å². The van der Waals surface area contributed by atoms with Crippen LogP contribution >= 0.6 is 11.6 Å². The minimum absolute atomic E-state index is 0.00953. The Hall–Kier alpha value is -1.08. The van der Waals surface area contributed by atoms with Gasteiger partial charge in [-0.25, -0.2) is 8.42 Å². The molecule has 1 aliphatic rings. The lowest BCUT2D eigenvalue weighted by molar-refractivity contribution is 0.0948. The molecule has 1 saturated heterocycles.